The Morgan fingerprint density at radius 2 is 1.95 bits per heavy atom. The fourth-order valence-corrected chi connectivity index (χ4v) is 4.02. The summed E-state index contributed by atoms with van der Waals surface area (Å²) in [4.78, 5) is 15.1. The van der Waals surface area contributed by atoms with Gasteiger partial charge in [0.25, 0.3) is 0 Å². The minimum atomic E-state index is -0.0463. The lowest BCUT2D eigenvalue weighted by Crippen LogP contribution is -2.52. The number of carbonyl (C=O) groups excluding carboxylic acids is 1. The number of likely N-dealkylation sites (tertiary alicyclic amines) is 1. The molecule has 1 saturated carbocycles. The Balaban J connectivity index is 0.00000200. The van der Waals surface area contributed by atoms with Gasteiger partial charge in [0.15, 0.2) is 0 Å². The topological polar surface area (TPSA) is 46.3 Å². The fourth-order valence-electron chi connectivity index (χ4n) is 4.02. The summed E-state index contributed by atoms with van der Waals surface area (Å²) in [5, 5.41) is 0. The molecule has 0 aromatic rings. The summed E-state index contributed by atoms with van der Waals surface area (Å²) in [5.74, 6) is 1.47. The predicted octanol–water partition coefficient (Wildman–Crippen LogP) is 3.21. The minimum Gasteiger partial charge on any atom is -0.342 e. The SMILES string of the molecule is CC(C)CC1(C(=O)N2CCC(N)C(C)C2)CCCC1.Cl. The molecule has 0 spiro atoms. The van der Waals surface area contributed by atoms with E-state index in [4.69, 9.17) is 5.73 Å². The number of piperidine rings is 1. The van der Waals surface area contributed by atoms with Gasteiger partial charge in [-0.15, -0.1) is 12.4 Å². The van der Waals surface area contributed by atoms with Crippen LogP contribution >= 0.6 is 12.4 Å². The van der Waals surface area contributed by atoms with E-state index in [0.717, 1.165) is 38.8 Å². The summed E-state index contributed by atoms with van der Waals surface area (Å²) in [6.45, 7) is 8.38. The maximum Gasteiger partial charge on any atom is 0.228 e. The number of hydrogen-bond donors (Lipinski definition) is 1. The van der Waals surface area contributed by atoms with Crippen molar-refractivity contribution in [1.82, 2.24) is 4.90 Å². The predicted molar refractivity (Wildman–Crippen MR) is 85.9 cm³/mol. The molecule has 2 N–H and O–H groups in total. The summed E-state index contributed by atoms with van der Waals surface area (Å²) in [6, 6.07) is 0.272. The third-order valence-corrected chi connectivity index (χ3v) is 5.07. The van der Waals surface area contributed by atoms with Crippen LogP contribution in [0.4, 0.5) is 0 Å². The van der Waals surface area contributed by atoms with Gasteiger partial charge in [0.2, 0.25) is 5.91 Å². The van der Waals surface area contributed by atoms with Gasteiger partial charge in [-0.05, 0) is 37.5 Å². The molecule has 0 aromatic heterocycles. The van der Waals surface area contributed by atoms with Crippen molar-refractivity contribution in [3.8, 4) is 0 Å². The molecule has 0 bridgehead atoms. The zero-order valence-corrected chi connectivity index (χ0v) is 14.0. The van der Waals surface area contributed by atoms with Crippen molar-refractivity contribution in [3.05, 3.63) is 0 Å². The second-order valence-electron chi connectivity index (χ2n) is 7.27. The minimum absolute atomic E-state index is 0. The van der Waals surface area contributed by atoms with Crippen LogP contribution < -0.4 is 5.73 Å². The van der Waals surface area contributed by atoms with Crippen molar-refractivity contribution in [2.75, 3.05) is 13.1 Å². The highest BCUT2D eigenvalue weighted by atomic mass is 35.5. The molecule has 1 heterocycles. The summed E-state index contributed by atoms with van der Waals surface area (Å²) in [6.07, 6.45) is 6.66. The Kier molecular flexibility index (Phi) is 6.33. The lowest BCUT2D eigenvalue weighted by molar-refractivity contribution is -0.145. The number of nitrogens with two attached hydrogens (primary N) is 1. The summed E-state index contributed by atoms with van der Waals surface area (Å²) in [5.41, 5.74) is 6.02. The molecule has 2 aliphatic rings. The average molecular weight is 303 g/mol. The molecule has 20 heavy (non-hydrogen) atoms. The quantitative estimate of drug-likeness (QED) is 0.870. The molecule has 0 radical (unpaired) electrons. The van der Waals surface area contributed by atoms with Gasteiger partial charge in [-0.3, -0.25) is 4.79 Å². The van der Waals surface area contributed by atoms with Crippen molar-refractivity contribution in [3.63, 3.8) is 0 Å². The van der Waals surface area contributed by atoms with E-state index in [1.165, 1.54) is 12.8 Å². The van der Waals surface area contributed by atoms with Crippen LogP contribution in [0.1, 0.15) is 59.3 Å². The first kappa shape index (κ1) is 17.8. The van der Waals surface area contributed by atoms with Gasteiger partial charge in [0, 0.05) is 24.5 Å². The number of rotatable bonds is 3. The molecule has 4 heteroatoms. The highest BCUT2D eigenvalue weighted by Crippen LogP contribution is 2.45. The standard InChI is InChI=1S/C16H30N2O.ClH/c1-12(2)10-16(7-4-5-8-16)15(19)18-9-6-14(17)13(3)11-18;/h12-14H,4-11,17H2,1-3H3;1H. The Hall–Kier alpha value is -0.280. The summed E-state index contributed by atoms with van der Waals surface area (Å²) in [7, 11) is 0. The number of amides is 1. The summed E-state index contributed by atoms with van der Waals surface area (Å²) < 4.78 is 0. The smallest absolute Gasteiger partial charge is 0.228 e. The zero-order chi connectivity index (χ0) is 14.0. The number of halogens is 1. The fraction of sp³-hybridized carbons (Fsp3) is 0.938. The molecule has 2 rings (SSSR count). The Morgan fingerprint density at radius 3 is 2.45 bits per heavy atom. The summed E-state index contributed by atoms with van der Waals surface area (Å²) >= 11 is 0. The van der Waals surface area contributed by atoms with Crippen LogP contribution in [-0.2, 0) is 4.79 Å². The molecule has 0 aromatic carbocycles. The van der Waals surface area contributed by atoms with Crippen molar-refractivity contribution in [1.29, 1.82) is 0 Å². The van der Waals surface area contributed by atoms with E-state index >= 15 is 0 Å². The molecule has 1 aliphatic carbocycles. The van der Waals surface area contributed by atoms with Crippen LogP contribution in [0, 0.1) is 17.3 Å². The number of nitrogens with zero attached hydrogens (tertiary/aromatic N) is 1. The van der Waals surface area contributed by atoms with Gasteiger partial charge in [-0.1, -0.05) is 33.6 Å². The van der Waals surface area contributed by atoms with Gasteiger partial charge in [0.05, 0.1) is 0 Å². The van der Waals surface area contributed by atoms with E-state index < -0.39 is 0 Å². The van der Waals surface area contributed by atoms with Crippen molar-refractivity contribution in [2.24, 2.45) is 23.0 Å². The lowest BCUT2D eigenvalue weighted by Gasteiger charge is -2.41. The van der Waals surface area contributed by atoms with Gasteiger partial charge < -0.3 is 10.6 Å². The van der Waals surface area contributed by atoms with Gasteiger partial charge in [-0.25, -0.2) is 0 Å². The third-order valence-electron chi connectivity index (χ3n) is 5.07. The van der Waals surface area contributed by atoms with E-state index in [0.29, 0.717) is 17.7 Å². The first-order valence-corrected chi connectivity index (χ1v) is 7.99. The molecule has 3 nitrogen and oxygen atoms in total. The third kappa shape index (κ3) is 3.67. The van der Waals surface area contributed by atoms with E-state index in [9.17, 15) is 4.79 Å². The Bertz CT molecular complexity index is 326. The highest BCUT2D eigenvalue weighted by Gasteiger charge is 2.44. The molecular weight excluding hydrogens is 272 g/mol. The van der Waals surface area contributed by atoms with E-state index in [2.05, 4.69) is 25.7 Å². The largest absolute Gasteiger partial charge is 0.342 e. The molecule has 1 aliphatic heterocycles. The van der Waals surface area contributed by atoms with Gasteiger partial charge >= 0.3 is 0 Å². The number of hydrogen-bond acceptors (Lipinski definition) is 2. The molecule has 1 saturated heterocycles. The first-order chi connectivity index (χ1) is 8.94. The molecule has 118 valence electrons. The maximum atomic E-state index is 13.0. The van der Waals surface area contributed by atoms with Crippen molar-refractivity contribution < 1.29 is 4.79 Å². The second kappa shape index (κ2) is 7.13. The monoisotopic (exact) mass is 302 g/mol. The average Bonchev–Trinajstić information content (AvgIpc) is 2.80. The Labute approximate surface area is 130 Å². The van der Waals surface area contributed by atoms with Crippen LogP contribution in [0.5, 0.6) is 0 Å². The number of carbonyl (C=O) groups is 1. The van der Waals surface area contributed by atoms with Crippen molar-refractivity contribution >= 4 is 18.3 Å². The van der Waals surface area contributed by atoms with Crippen LogP contribution in [0.15, 0.2) is 0 Å². The normalized spacial score (nSPS) is 29.4. The van der Waals surface area contributed by atoms with Crippen LogP contribution in [-0.4, -0.2) is 29.9 Å². The lowest BCUT2D eigenvalue weighted by atomic mass is 9.76. The van der Waals surface area contributed by atoms with Crippen LogP contribution in [0.3, 0.4) is 0 Å². The maximum absolute atomic E-state index is 13.0. The molecular formula is C16H31ClN2O. The zero-order valence-electron chi connectivity index (χ0n) is 13.2. The second-order valence-corrected chi connectivity index (χ2v) is 7.27. The Morgan fingerprint density at radius 1 is 1.35 bits per heavy atom. The van der Waals surface area contributed by atoms with Gasteiger partial charge in [-0.2, -0.15) is 0 Å². The highest BCUT2D eigenvalue weighted by molar-refractivity contribution is 5.85. The van der Waals surface area contributed by atoms with Gasteiger partial charge in [0.1, 0.15) is 0 Å². The van der Waals surface area contributed by atoms with Crippen molar-refractivity contribution in [2.45, 2.75) is 65.3 Å². The van der Waals surface area contributed by atoms with E-state index in [-0.39, 0.29) is 23.9 Å². The molecule has 1 amide bonds. The molecule has 2 unspecified atom stereocenters. The van der Waals surface area contributed by atoms with E-state index in [1.54, 1.807) is 0 Å². The van der Waals surface area contributed by atoms with Crippen LogP contribution in [0.2, 0.25) is 0 Å². The molecule has 2 atom stereocenters. The van der Waals surface area contributed by atoms with Crippen LogP contribution in [0.25, 0.3) is 0 Å². The first-order valence-electron chi connectivity index (χ1n) is 7.99. The molecule has 2 fully saturated rings. The van der Waals surface area contributed by atoms with E-state index in [1.807, 2.05) is 0 Å².